The Labute approximate surface area is 49.6 Å². The summed E-state index contributed by atoms with van der Waals surface area (Å²) in [5, 5.41) is 8.21. The molecule has 0 aromatic heterocycles. The van der Waals surface area contributed by atoms with Gasteiger partial charge in [0, 0.05) is 0 Å². The van der Waals surface area contributed by atoms with Crippen LogP contribution in [0.1, 0.15) is 0 Å². The Hall–Kier alpha value is -0.180. The Kier molecular flexibility index (Phi) is 6.67. The van der Waals surface area contributed by atoms with Crippen molar-refractivity contribution < 1.29 is 16.8 Å². The van der Waals surface area contributed by atoms with Crippen molar-refractivity contribution in [2.24, 2.45) is 10.3 Å². The normalized spacial score (nSPS) is 9.25. The van der Waals surface area contributed by atoms with Gasteiger partial charge in [0.1, 0.15) is 11.6 Å². The molecule has 0 bridgehead atoms. The van der Waals surface area contributed by atoms with Crippen LogP contribution < -0.4 is 10.3 Å². The highest BCUT2D eigenvalue weighted by atomic mass is 32.2. The number of rotatable bonds is 0. The minimum absolute atomic E-state index is 1.42. The van der Waals surface area contributed by atoms with Crippen LogP contribution in [0.25, 0.3) is 0 Å². The maximum atomic E-state index is 9.19. The third-order valence-electron chi connectivity index (χ3n) is 0. The van der Waals surface area contributed by atoms with E-state index in [-0.39, 0.29) is 0 Å². The first-order valence-electron chi connectivity index (χ1n) is 1.21. The maximum Gasteiger partial charge on any atom is 0.271 e. The molecular formula is H6N2O4S2. The highest BCUT2D eigenvalue weighted by molar-refractivity contribution is 7.86. The zero-order chi connectivity index (χ0) is 7.21. The fourth-order valence-electron chi connectivity index (χ4n) is 0. The zero-order valence-corrected chi connectivity index (χ0v) is 5.51. The molecule has 8 heavy (non-hydrogen) atoms. The van der Waals surface area contributed by atoms with Crippen molar-refractivity contribution in [2.75, 3.05) is 0 Å². The van der Waals surface area contributed by atoms with Crippen LogP contribution in [0, 0.1) is 0 Å². The zero-order valence-electron chi connectivity index (χ0n) is 3.70. The third kappa shape index (κ3) is 4170. The predicted octanol–water partition coefficient (Wildman–Crippen LogP) is -3.06. The molecule has 0 aromatic rings. The molecule has 52 valence electrons. The number of nitrogens with two attached hydrogens (primary N) is 2. The first-order chi connectivity index (χ1) is 3.41. The van der Waals surface area contributed by atoms with Gasteiger partial charge in [-0.05, 0) is 0 Å². The molecule has 0 amide bonds. The minimum atomic E-state index is -3.67. The van der Waals surface area contributed by atoms with Crippen LogP contribution >= 0.6 is 0 Å². The van der Waals surface area contributed by atoms with Crippen LogP contribution in [0.2, 0.25) is 0 Å². The number of hydrogen-bond donors (Lipinski definition) is 2. The molecule has 0 unspecified atom stereocenters. The van der Waals surface area contributed by atoms with E-state index in [2.05, 4.69) is 10.3 Å². The van der Waals surface area contributed by atoms with Crippen LogP contribution in [-0.4, -0.2) is 16.8 Å². The van der Waals surface area contributed by atoms with Crippen LogP contribution in [0.3, 0.4) is 0 Å². The van der Waals surface area contributed by atoms with Crippen molar-refractivity contribution in [2.45, 2.75) is 0 Å². The van der Waals surface area contributed by atoms with Crippen molar-refractivity contribution in [3.8, 4) is 0 Å². The van der Waals surface area contributed by atoms with Crippen LogP contribution in [0.5, 0.6) is 0 Å². The van der Waals surface area contributed by atoms with Crippen molar-refractivity contribution in [1.82, 2.24) is 0 Å². The van der Waals surface area contributed by atoms with E-state index in [1.165, 1.54) is 0 Å². The molecule has 0 saturated carbocycles. The van der Waals surface area contributed by atoms with E-state index in [1.807, 2.05) is 0 Å². The average molecular weight is 162 g/mol. The summed E-state index contributed by atoms with van der Waals surface area (Å²) in [7, 11) is -3.67. The molecule has 6 nitrogen and oxygen atoms in total. The van der Waals surface area contributed by atoms with Gasteiger partial charge in [-0.25, -0.2) is 18.7 Å². The molecular weight excluding hydrogens is 156 g/mol. The quantitative estimate of drug-likeness (QED) is 0.393. The summed E-state index contributed by atoms with van der Waals surface area (Å²) in [6.07, 6.45) is 0. The third-order valence-corrected chi connectivity index (χ3v) is 0. The van der Waals surface area contributed by atoms with Gasteiger partial charge in [0.2, 0.25) is 0 Å². The molecule has 4 N–H and O–H groups in total. The monoisotopic (exact) mass is 162 g/mol. The van der Waals surface area contributed by atoms with Crippen LogP contribution in [0.4, 0.5) is 0 Å². The van der Waals surface area contributed by atoms with E-state index in [1.54, 1.807) is 0 Å². The van der Waals surface area contributed by atoms with Crippen molar-refractivity contribution in [1.29, 1.82) is 0 Å². The van der Waals surface area contributed by atoms with Gasteiger partial charge in [-0.3, -0.25) is 0 Å². The Morgan fingerprint density at radius 3 is 1.12 bits per heavy atom. The van der Waals surface area contributed by atoms with E-state index in [0.717, 1.165) is 0 Å². The lowest BCUT2D eigenvalue weighted by molar-refractivity contribution is 0.599. The van der Waals surface area contributed by atoms with E-state index in [0.29, 0.717) is 0 Å². The van der Waals surface area contributed by atoms with E-state index in [9.17, 15) is 8.42 Å². The summed E-state index contributed by atoms with van der Waals surface area (Å²) < 4.78 is 35.2. The topological polar surface area (TPSA) is 120 Å². The minimum Gasteiger partial charge on any atom is -0.235 e. The molecule has 0 saturated heterocycles. The Bertz CT molecular complexity index is 152. The molecule has 0 atom stereocenters. The molecule has 0 radical (unpaired) electrons. The summed E-state index contributed by atoms with van der Waals surface area (Å²) in [6.45, 7) is 0. The molecule has 0 heterocycles. The SMILES string of the molecule is NS(N)(=O)=O.O=[SH2]=O. The standard InChI is InChI=1S/H4N2O2S.H2O2S/c1-5(2,3)4;1-3-2/h(H4,1,2,3,4);3H2. The summed E-state index contributed by atoms with van der Waals surface area (Å²) in [5.74, 6) is 0. The lowest BCUT2D eigenvalue weighted by Crippen LogP contribution is -2.21. The Balaban J connectivity index is 0. The maximum absolute atomic E-state index is 9.19. The van der Waals surface area contributed by atoms with Crippen LogP contribution in [0.15, 0.2) is 0 Å². The molecule has 0 aliphatic carbocycles. The van der Waals surface area contributed by atoms with Gasteiger partial charge in [0.15, 0.2) is 0 Å². The van der Waals surface area contributed by atoms with Crippen LogP contribution in [-0.2, 0) is 21.8 Å². The van der Waals surface area contributed by atoms with E-state index in [4.69, 9.17) is 8.42 Å². The van der Waals surface area contributed by atoms with E-state index < -0.39 is 21.8 Å². The first-order valence-corrected chi connectivity index (χ1v) is 3.64. The summed E-state index contributed by atoms with van der Waals surface area (Å²) in [4.78, 5) is 0. The highest BCUT2D eigenvalue weighted by Crippen LogP contribution is 1.40. The molecule has 0 rings (SSSR count). The van der Waals surface area contributed by atoms with Gasteiger partial charge in [0.05, 0.1) is 0 Å². The molecule has 0 aliphatic heterocycles. The molecule has 0 aliphatic rings. The summed E-state index contributed by atoms with van der Waals surface area (Å²) >= 11 is -1.42. The van der Waals surface area contributed by atoms with E-state index >= 15 is 0 Å². The second-order valence-corrected chi connectivity index (χ2v) is 2.02. The largest absolute Gasteiger partial charge is 0.271 e. The molecule has 0 fully saturated rings. The second-order valence-electron chi connectivity index (χ2n) is 0.672. The number of hydrogen-bond acceptors (Lipinski definition) is 4. The van der Waals surface area contributed by atoms with Gasteiger partial charge in [-0.1, -0.05) is 0 Å². The smallest absolute Gasteiger partial charge is 0.235 e. The van der Waals surface area contributed by atoms with Crippen molar-refractivity contribution in [3.05, 3.63) is 0 Å². The molecule has 8 heteroatoms. The lowest BCUT2D eigenvalue weighted by Gasteiger charge is -1.72. The lowest BCUT2D eigenvalue weighted by atomic mass is 13.9. The fraction of sp³-hybridized carbons (Fsp3) is 0. The fourth-order valence-corrected chi connectivity index (χ4v) is 0. The average Bonchev–Trinajstić information content (AvgIpc) is 1.27. The summed E-state index contributed by atoms with van der Waals surface area (Å²) in [5.41, 5.74) is 0. The van der Waals surface area contributed by atoms with Gasteiger partial charge in [0.25, 0.3) is 10.2 Å². The highest BCUT2D eigenvalue weighted by Gasteiger charge is 1.78. The Morgan fingerprint density at radius 2 is 1.12 bits per heavy atom. The van der Waals surface area contributed by atoms with Gasteiger partial charge < -0.3 is 0 Å². The summed E-state index contributed by atoms with van der Waals surface area (Å²) in [6, 6.07) is 0. The van der Waals surface area contributed by atoms with Gasteiger partial charge in [-0.15, -0.1) is 0 Å². The Morgan fingerprint density at radius 1 is 1.12 bits per heavy atom. The van der Waals surface area contributed by atoms with Gasteiger partial charge in [-0.2, -0.15) is 8.42 Å². The van der Waals surface area contributed by atoms with Gasteiger partial charge >= 0.3 is 0 Å². The van der Waals surface area contributed by atoms with Crippen molar-refractivity contribution in [3.63, 3.8) is 0 Å². The van der Waals surface area contributed by atoms with Crippen molar-refractivity contribution >= 4 is 21.8 Å². The molecule has 0 spiro atoms. The predicted molar refractivity (Wildman–Crippen MR) is 29.0 cm³/mol. The second kappa shape index (κ2) is 4.97. The molecule has 0 aromatic carbocycles. The first kappa shape index (κ1) is 10.7.